The number of sulfone groups is 1. The van der Waals surface area contributed by atoms with Gasteiger partial charge in [-0.25, -0.2) is 8.42 Å². The molecule has 5 nitrogen and oxygen atoms in total. The zero-order valence-corrected chi connectivity index (χ0v) is 10.8. The highest BCUT2D eigenvalue weighted by Gasteiger charge is 2.48. The van der Waals surface area contributed by atoms with Crippen LogP contribution in [0.2, 0.25) is 0 Å². The van der Waals surface area contributed by atoms with Gasteiger partial charge in [-0.3, -0.25) is 4.79 Å². The zero-order valence-electron chi connectivity index (χ0n) is 10.0. The van der Waals surface area contributed by atoms with Crippen LogP contribution in [0.3, 0.4) is 0 Å². The van der Waals surface area contributed by atoms with Crippen molar-refractivity contribution in [3.63, 3.8) is 0 Å². The Morgan fingerprint density at radius 1 is 1.50 bits per heavy atom. The number of amides is 1. The third-order valence-corrected chi connectivity index (χ3v) is 5.04. The van der Waals surface area contributed by atoms with Crippen LogP contribution < -0.4 is 5.32 Å². The molecular formula is C10H19NO4S. The molecular weight excluding hydrogens is 230 g/mol. The third-order valence-electron chi connectivity index (χ3n) is 3.54. The van der Waals surface area contributed by atoms with Crippen molar-refractivity contribution in [1.29, 1.82) is 0 Å². The van der Waals surface area contributed by atoms with Gasteiger partial charge >= 0.3 is 0 Å². The minimum atomic E-state index is -3.36. The Bertz CT molecular complexity index is 388. The first kappa shape index (κ1) is 13.4. The maximum atomic E-state index is 11.6. The summed E-state index contributed by atoms with van der Waals surface area (Å²) in [5, 5.41) is 11.1. The summed E-state index contributed by atoms with van der Waals surface area (Å²) in [6.45, 7) is 5.06. The molecule has 6 heteroatoms. The first-order chi connectivity index (χ1) is 7.06. The van der Waals surface area contributed by atoms with Crippen LogP contribution in [0, 0.1) is 5.41 Å². The number of aliphatic hydroxyl groups excluding tert-OH is 1. The van der Waals surface area contributed by atoms with E-state index in [0.29, 0.717) is 6.42 Å². The van der Waals surface area contributed by atoms with Crippen molar-refractivity contribution < 1.29 is 18.3 Å². The summed E-state index contributed by atoms with van der Waals surface area (Å²) in [6.07, 6.45) is 1.08. The summed E-state index contributed by atoms with van der Waals surface area (Å²) in [5.41, 5.74) is -0.382. The molecule has 1 amide bonds. The van der Waals surface area contributed by atoms with Gasteiger partial charge in [-0.1, -0.05) is 13.8 Å². The number of hydrogen-bond acceptors (Lipinski definition) is 4. The predicted molar refractivity (Wildman–Crippen MR) is 60.6 cm³/mol. The van der Waals surface area contributed by atoms with Crippen molar-refractivity contribution in [3.8, 4) is 0 Å². The minimum absolute atomic E-state index is 0.154. The molecule has 1 fully saturated rings. The zero-order chi connectivity index (χ0) is 12.7. The normalized spacial score (nSPS) is 30.3. The second kappa shape index (κ2) is 4.00. The van der Waals surface area contributed by atoms with E-state index in [0.717, 1.165) is 6.26 Å². The molecule has 2 N–H and O–H groups in total. The molecule has 16 heavy (non-hydrogen) atoms. The maximum Gasteiger partial charge on any atom is 0.238 e. The van der Waals surface area contributed by atoms with Crippen LogP contribution in [0.15, 0.2) is 0 Å². The fraction of sp³-hybridized carbons (Fsp3) is 0.900. The number of hydrogen-bond donors (Lipinski definition) is 2. The molecule has 0 aromatic heterocycles. The lowest BCUT2D eigenvalue weighted by molar-refractivity contribution is -0.128. The maximum absolute atomic E-state index is 11.6. The van der Waals surface area contributed by atoms with E-state index in [4.69, 9.17) is 0 Å². The molecule has 94 valence electrons. The molecule has 0 spiro atoms. The summed E-state index contributed by atoms with van der Waals surface area (Å²) in [7, 11) is -3.36. The topological polar surface area (TPSA) is 83.5 Å². The number of nitrogens with one attached hydrogen (secondary N) is 1. The Hall–Kier alpha value is -0.620. The fourth-order valence-electron chi connectivity index (χ4n) is 1.63. The monoisotopic (exact) mass is 249 g/mol. The van der Waals surface area contributed by atoms with E-state index in [-0.39, 0.29) is 11.5 Å². The van der Waals surface area contributed by atoms with E-state index in [9.17, 15) is 18.3 Å². The molecule has 1 rings (SSSR count). The average molecular weight is 249 g/mol. The highest BCUT2D eigenvalue weighted by atomic mass is 32.2. The molecule has 0 aromatic carbocycles. The molecule has 1 aliphatic rings. The highest BCUT2D eigenvalue weighted by Crippen LogP contribution is 2.40. The summed E-state index contributed by atoms with van der Waals surface area (Å²) >= 11 is 0. The van der Waals surface area contributed by atoms with Crippen LogP contribution in [-0.4, -0.2) is 43.1 Å². The van der Waals surface area contributed by atoms with Gasteiger partial charge in [0.2, 0.25) is 5.91 Å². The van der Waals surface area contributed by atoms with Crippen molar-refractivity contribution in [2.75, 3.05) is 6.26 Å². The van der Waals surface area contributed by atoms with Gasteiger partial charge in [-0.05, 0) is 13.3 Å². The molecule has 0 bridgehead atoms. The van der Waals surface area contributed by atoms with E-state index < -0.39 is 27.1 Å². The third kappa shape index (κ3) is 2.38. The Morgan fingerprint density at radius 3 is 2.31 bits per heavy atom. The van der Waals surface area contributed by atoms with Gasteiger partial charge in [0.15, 0.2) is 9.84 Å². The summed E-state index contributed by atoms with van der Waals surface area (Å²) in [5.74, 6) is -0.493. The molecule has 0 heterocycles. The number of carbonyl (C=O) groups excluding carboxylic acids is 1. The highest BCUT2D eigenvalue weighted by molar-refractivity contribution is 7.92. The fourth-order valence-corrected chi connectivity index (χ4v) is 2.09. The standard InChI is InChI=1S/C10H19NO4S/c1-6(16(4,14)15)9(13)11-7-5-8(12)10(7,2)3/h6-8,12H,5H2,1-4H3,(H,11,13). The Kier molecular flexibility index (Phi) is 3.36. The van der Waals surface area contributed by atoms with Crippen LogP contribution in [0.1, 0.15) is 27.2 Å². The first-order valence-electron chi connectivity index (χ1n) is 5.24. The lowest BCUT2D eigenvalue weighted by atomic mass is 9.64. The molecule has 0 aliphatic heterocycles. The Balaban J connectivity index is 2.61. The first-order valence-corrected chi connectivity index (χ1v) is 7.19. The quantitative estimate of drug-likeness (QED) is 0.719. The smallest absolute Gasteiger partial charge is 0.238 e. The van der Waals surface area contributed by atoms with E-state index in [1.807, 2.05) is 13.8 Å². The van der Waals surface area contributed by atoms with E-state index in [1.165, 1.54) is 6.92 Å². The molecule has 0 aromatic rings. The van der Waals surface area contributed by atoms with Crippen molar-refractivity contribution in [2.24, 2.45) is 5.41 Å². The number of carbonyl (C=O) groups is 1. The van der Waals surface area contributed by atoms with Crippen LogP contribution in [0.25, 0.3) is 0 Å². The Morgan fingerprint density at radius 2 is 2.00 bits per heavy atom. The lowest BCUT2D eigenvalue weighted by Gasteiger charge is -2.49. The molecule has 1 aliphatic carbocycles. The van der Waals surface area contributed by atoms with Crippen molar-refractivity contribution in [1.82, 2.24) is 5.32 Å². The molecule has 0 radical (unpaired) electrons. The van der Waals surface area contributed by atoms with Gasteiger partial charge in [0.25, 0.3) is 0 Å². The second-order valence-corrected chi connectivity index (χ2v) is 7.47. The Labute approximate surface area is 96.1 Å². The number of rotatable bonds is 3. The van der Waals surface area contributed by atoms with Gasteiger partial charge in [0, 0.05) is 17.7 Å². The van der Waals surface area contributed by atoms with E-state index >= 15 is 0 Å². The lowest BCUT2D eigenvalue weighted by Crippen LogP contribution is -2.62. The summed E-state index contributed by atoms with van der Waals surface area (Å²) < 4.78 is 22.4. The van der Waals surface area contributed by atoms with Gasteiger partial charge in [0.1, 0.15) is 5.25 Å². The van der Waals surface area contributed by atoms with E-state index in [2.05, 4.69) is 5.32 Å². The number of aliphatic hydroxyl groups is 1. The molecule has 1 saturated carbocycles. The SMILES string of the molecule is CC(C(=O)NC1CC(O)C1(C)C)S(C)(=O)=O. The van der Waals surface area contributed by atoms with Gasteiger partial charge < -0.3 is 10.4 Å². The molecule has 3 unspecified atom stereocenters. The summed E-state index contributed by atoms with van der Waals surface area (Å²) in [4.78, 5) is 11.6. The molecule has 0 saturated heterocycles. The summed E-state index contributed by atoms with van der Waals surface area (Å²) in [6, 6.07) is -0.154. The minimum Gasteiger partial charge on any atom is -0.392 e. The second-order valence-electron chi connectivity index (χ2n) is 5.11. The predicted octanol–water partition coefficient (Wildman–Crippen LogP) is -0.305. The van der Waals surface area contributed by atoms with Gasteiger partial charge in [0.05, 0.1) is 6.10 Å². The van der Waals surface area contributed by atoms with Crippen LogP contribution in [-0.2, 0) is 14.6 Å². The average Bonchev–Trinajstić information content (AvgIpc) is 2.14. The van der Waals surface area contributed by atoms with Crippen molar-refractivity contribution in [2.45, 2.75) is 44.6 Å². The van der Waals surface area contributed by atoms with E-state index in [1.54, 1.807) is 0 Å². The van der Waals surface area contributed by atoms with Gasteiger partial charge in [-0.2, -0.15) is 0 Å². The van der Waals surface area contributed by atoms with Crippen molar-refractivity contribution >= 4 is 15.7 Å². The van der Waals surface area contributed by atoms with Crippen molar-refractivity contribution in [3.05, 3.63) is 0 Å². The van der Waals surface area contributed by atoms with Crippen LogP contribution in [0.5, 0.6) is 0 Å². The van der Waals surface area contributed by atoms with Crippen LogP contribution >= 0.6 is 0 Å². The largest absolute Gasteiger partial charge is 0.392 e. The van der Waals surface area contributed by atoms with Crippen LogP contribution in [0.4, 0.5) is 0 Å². The van der Waals surface area contributed by atoms with Gasteiger partial charge in [-0.15, -0.1) is 0 Å². The molecule has 3 atom stereocenters.